The van der Waals surface area contributed by atoms with Gasteiger partial charge in [0.15, 0.2) is 0 Å². The summed E-state index contributed by atoms with van der Waals surface area (Å²) in [5.74, 6) is 0. The number of rotatable bonds is 5. The molecule has 6 heteroatoms. The molecule has 4 nitrogen and oxygen atoms in total. The van der Waals surface area contributed by atoms with Gasteiger partial charge in [-0.05, 0) is 29.3 Å². The lowest BCUT2D eigenvalue weighted by atomic mass is 10.2. The monoisotopic (exact) mass is 311 g/mol. The van der Waals surface area contributed by atoms with E-state index in [4.69, 9.17) is 27.9 Å². The van der Waals surface area contributed by atoms with Crippen molar-refractivity contribution in [3.05, 3.63) is 73.8 Å². The first-order valence-corrected chi connectivity index (χ1v) is 6.57. The van der Waals surface area contributed by atoms with Gasteiger partial charge in [-0.25, -0.2) is 0 Å². The molecule has 0 N–H and O–H groups in total. The number of nitro groups is 1. The fourth-order valence-electron chi connectivity index (χ4n) is 1.66. The SMILES string of the molecule is O=[N+]([O-])c1cc(COCc2ccc(Cl)cc2)ccc1Cl. The maximum atomic E-state index is 10.8. The Balaban J connectivity index is 1.96. The lowest BCUT2D eigenvalue weighted by Gasteiger charge is -2.05. The van der Waals surface area contributed by atoms with Gasteiger partial charge in [-0.2, -0.15) is 0 Å². The molecule has 2 aromatic rings. The molecule has 0 aliphatic rings. The summed E-state index contributed by atoms with van der Waals surface area (Å²) in [5.41, 5.74) is 1.58. The molecule has 0 saturated heterocycles. The molecule has 0 radical (unpaired) electrons. The molecule has 0 amide bonds. The number of hydrogen-bond acceptors (Lipinski definition) is 3. The molecule has 0 aliphatic carbocycles. The van der Waals surface area contributed by atoms with E-state index < -0.39 is 4.92 Å². The van der Waals surface area contributed by atoms with E-state index in [1.54, 1.807) is 18.2 Å². The highest BCUT2D eigenvalue weighted by molar-refractivity contribution is 6.32. The number of nitro benzene ring substituents is 1. The minimum Gasteiger partial charge on any atom is -0.372 e. The number of benzene rings is 2. The number of halogens is 2. The molecule has 2 rings (SSSR count). The molecular weight excluding hydrogens is 301 g/mol. The first-order valence-electron chi connectivity index (χ1n) is 5.81. The van der Waals surface area contributed by atoms with Crippen LogP contribution in [0.5, 0.6) is 0 Å². The molecule has 0 heterocycles. The zero-order chi connectivity index (χ0) is 14.5. The van der Waals surface area contributed by atoms with Gasteiger partial charge in [0.25, 0.3) is 5.69 Å². The minimum atomic E-state index is -0.509. The zero-order valence-corrected chi connectivity index (χ0v) is 11.9. The van der Waals surface area contributed by atoms with Crippen LogP contribution in [-0.2, 0) is 18.0 Å². The molecule has 0 spiro atoms. The van der Waals surface area contributed by atoms with Gasteiger partial charge < -0.3 is 4.74 Å². The highest BCUT2D eigenvalue weighted by atomic mass is 35.5. The van der Waals surface area contributed by atoms with Gasteiger partial charge in [-0.15, -0.1) is 0 Å². The van der Waals surface area contributed by atoms with Gasteiger partial charge in [-0.1, -0.05) is 41.4 Å². The van der Waals surface area contributed by atoms with E-state index in [0.717, 1.165) is 5.56 Å². The predicted octanol–water partition coefficient (Wildman–Crippen LogP) is 4.62. The summed E-state index contributed by atoms with van der Waals surface area (Å²) in [6, 6.07) is 11.9. The van der Waals surface area contributed by atoms with Crippen molar-refractivity contribution in [1.29, 1.82) is 0 Å². The second-order valence-electron chi connectivity index (χ2n) is 4.16. The first kappa shape index (κ1) is 14.8. The van der Waals surface area contributed by atoms with Crippen LogP contribution in [0.25, 0.3) is 0 Å². The van der Waals surface area contributed by atoms with Crippen molar-refractivity contribution in [1.82, 2.24) is 0 Å². The molecule has 0 atom stereocenters. The lowest BCUT2D eigenvalue weighted by molar-refractivity contribution is -0.384. The van der Waals surface area contributed by atoms with Gasteiger partial charge >= 0.3 is 0 Å². The summed E-state index contributed by atoms with van der Waals surface area (Å²) in [4.78, 5) is 10.3. The van der Waals surface area contributed by atoms with Crippen LogP contribution in [0.15, 0.2) is 42.5 Å². The Labute approximate surface area is 126 Å². The molecular formula is C14H11Cl2NO3. The van der Waals surface area contributed by atoms with Crippen molar-refractivity contribution in [2.45, 2.75) is 13.2 Å². The van der Waals surface area contributed by atoms with Crippen LogP contribution in [0.3, 0.4) is 0 Å². The Morgan fingerprint density at radius 2 is 1.60 bits per heavy atom. The Bertz CT molecular complexity index is 614. The van der Waals surface area contributed by atoms with Gasteiger partial charge in [0.05, 0.1) is 18.1 Å². The van der Waals surface area contributed by atoms with Crippen molar-refractivity contribution in [3.8, 4) is 0 Å². The molecule has 0 aromatic heterocycles. The maximum absolute atomic E-state index is 10.8. The van der Waals surface area contributed by atoms with Gasteiger partial charge in [0.1, 0.15) is 5.02 Å². The molecule has 104 valence electrons. The topological polar surface area (TPSA) is 52.4 Å². The van der Waals surface area contributed by atoms with Crippen LogP contribution in [-0.4, -0.2) is 4.92 Å². The van der Waals surface area contributed by atoms with Crippen molar-refractivity contribution in [2.24, 2.45) is 0 Å². The Hall–Kier alpha value is -1.62. The van der Waals surface area contributed by atoms with E-state index in [2.05, 4.69) is 0 Å². The van der Waals surface area contributed by atoms with Crippen LogP contribution in [0.4, 0.5) is 5.69 Å². The van der Waals surface area contributed by atoms with E-state index >= 15 is 0 Å². The predicted molar refractivity (Wildman–Crippen MR) is 78.1 cm³/mol. The summed E-state index contributed by atoms with van der Waals surface area (Å²) in [7, 11) is 0. The third kappa shape index (κ3) is 3.93. The van der Waals surface area contributed by atoms with Crippen molar-refractivity contribution < 1.29 is 9.66 Å². The molecule has 20 heavy (non-hydrogen) atoms. The van der Waals surface area contributed by atoms with Crippen LogP contribution in [0, 0.1) is 10.1 Å². The Morgan fingerprint density at radius 1 is 1.00 bits per heavy atom. The summed E-state index contributed by atoms with van der Waals surface area (Å²) in [6.07, 6.45) is 0. The fraction of sp³-hybridized carbons (Fsp3) is 0.143. The third-order valence-electron chi connectivity index (χ3n) is 2.66. The average Bonchev–Trinajstić information content (AvgIpc) is 2.42. The molecule has 2 aromatic carbocycles. The van der Waals surface area contributed by atoms with Crippen LogP contribution in [0.1, 0.15) is 11.1 Å². The zero-order valence-electron chi connectivity index (χ0n) is 10.4. The van der Waals surface area contributed by atoms with Crippen molar-refractivity contribution >= 4 is 28.9 Å². The molecule has 0 saturated carbocycles. The number of ether oxygens (including phenoxy) is 1. The second kappa shape index (κ2) is 6.70. The van der Waals surface area contributed by atoms with Crippen LogP contribution >= 0.6 is 23.2 Å². The fourth-order valence-corrected chi connectivity index (χ4v) is 1.97. The largest absolute Gasteiger partial charge is 0.372 e. The summed E-state index contributed by atoms with van der Waals surface area (Å²) in [6.45, 7) is 0.689. The average molecular weight is 312 g/mol. The van der Waals surface area contributed by atoms with E-state index in [1.807, 2.05) is 12.1 Å². The molecule has 0 bridgehead atoms. The van der Waals surface area contributed by atoms with E-state index in [0.29, 0.717) is 17.2 Å². The van der Waals surface area contributed by atoms with Crippen LogP contribution < -0.4 is 0 Å². The lowest BCUT2D eigenvalue weighted by Crippen LogP contribution is -1.96. The second-order valence-corrected chi connectivity index (χ2v) is 5.01. The van der Waals surface area contributed by atoms with Gasteiger partial charge in [-0.3, -0.25) is 10.1 Å². The highest BCUT2D eigenvalue weighted by Crippen LogP contribution is 2.25. The maximum Gasteiger partial charge on any atom is 0.288 e. The normalized spacial score (nSPS) is 10.5. The van der Waals surface area contributed by atoms with Crippen LogP contribution in [0.2, 0.25) is 10.0 Å². The minimum absolute atomic E-state index is 0.112. The molecule has 0 fully saturated rings. The number of nitrogens with zero attached hydrogens (tertiary/aromatic N) is 1. The molecule has 0 unspecified atom stereocenters. The quantitative estimate of drug-likeness (QED) is 0.598. The van der Waals surface area contributed by atoms with E-state index in [9.17, 15) is 10.1 Å². The number of hydrogen-bond donors (Lipinski definition) is 0. The molecule has 0 aliphatic heterocycles. The highest BCUT2D eigenvalue weighted by Gasteiger charge is 2.12. The van der Waals surface area contributed by atoms with Crippen molar-refractivity contribution in [3.63, 3.8) is 0 Å². The Kier molecular flexibility index (Phi) is 4.95. The van der Waals surface area contributed by atoms with Crippen molar-refractivity contribution in [2.75, 3.05) is 0 Å². The van der Waals surface area contributed by atoms with E-state index in [1.165, 1.54) is 12.1 Å². The van der Waals surface area contributed by atoms with E-state index in [-0.39, 0.29) is 17.3 Å². The standard InChI is InChI=1S/C14H11Cl2NO3/c15-12-4-1-10(2-5-12)8-20-9-11-3-6-13(16)14(7-11)17(18)19/h1-7H,8-9H2. The van der Waals surface area contributed by atoms with Gasteiger partial charge in [0, 0.05) is 11.1 Å². The van der Waals surface area contributed by atoms with Gasteiger partial charge in [0.2, 0.25) is 0 Å². The smallest absolute Gasteiger partial charge is 0.288 e. The Morgan fingerprint density at radius 3 is 2.25 bits per heavy atom. The summed E-state index contributed by atoms with van der Waals surface area (Å²) >= 11 is 11.5. The summed E-state index contributed by atoms with van der Waals surface area (Å²) in [5, 5.41) is 11.6. The third-order valence-corrected chi connectivity index (χ3v) is 3.23. The summed E-state index contributed by atoms with van der Waals surface area (Å²) < 4.78 is 5.51. The first-order chi connectivity index (χ1) is 9.56.